The van der Waals surface area contributed by atoms with Crippen LogP contribution in [0.15, 0.2) is 66.7 Å². The molecule has 0 spiro atoms. The molecule has 0 saturated carbocycles. The molecule has 0 atom stereocenters. The van der Waals surface area contributed by atoms with Gasteiger partial charge in [-0.1, -0.05) is 30.3 Å². The second-order valence-corrected chi connectivity index (χ2v) is 6.62. The highest BCUT2D eigenvalue weighted by Gasteiger charge is 2.11. The summed E-state index contributed by atoms with van der Waals surface area (Å²) in [7, 11) is 1.53. The number of rotatable bonds is 5. The molecule has 4 rings (SSSR count). The van der Waals surface area contributed by atoms with Crippen LogP contribution in [0, 0.1) is 0 Å². The zero-order chi connectivity index (χ0) is 19.7. The molecule has 0 unspecified atom stereocenters. The van der Waals surface area contributed by atoms with Gasteiger partial charge in [-0.05, 0) is 55.0 Å². The lowest BCUT2D eigenvalue weighted by Gasteiger charge is -2.04. The predicted molar refractivity (Wildman–Crippen MR) is 113 cm³/mol. The van der Waals surface area contributed by atoms with Crippen LogP contribution in [0.5, 0.6) is 11.5 Å². The number of aryl methyl sites for hydroxylation is 1. The molecule has 0 saturated heterocycles. The highest BCUT2D eigenvalue weighted by Crippen LogP contribution is 2.30. The summed E-state index contributed by atoms with van der Waals surface area (Å²) in [6.45, 7) is 3.03. The molecule has 0 fully saturated rings. The van der Waals surface area contributed by atoms with Gasteiger partial charge >= 0.3 is 0 Å². The molecule has 1 aromatic heterocycles. The first-order valence-corrected chi connectivity index (χ1v) is 9.22. The third-order valence-electron chi connectivity index (χ3n) is 5.01. The summed E-state index contributed by atoms with van der Waals surface area (Å²) in [6.07, 6.45) is 3.26. The molecule has 4 heteroatoms. The second-order valence-electron chi connectivity index (χ2n) is 6.62. The van der Waals surface area contributed by atoms with Gasteiger partial charge in [0.1, 0.15) is 11.5 Å². The van der Waals surface area contributed by atoms with E-state index >= 15 is 0 Å². The average Bonchev–Trinajstić information content (AvgIpc) is 3.05. The summed E-state index contributed by atoms with van der Waals surface area (Å²) in [5.74, 6) is 0.202. The van der Waals surface area contributed by atoms with Crippen molar-refractivity contribution in [2.75, 3.05) is 7.11 Å². The normalized spacial score (nSPS) is 11.5. The number of ether oxygens (including phenoxy) is 1. The summed E-state index contributed by atoms with van der Waals surface area (Å²) in [5.41, 5.74) is 3.54. The lowest BCUT2D eigenvalue weighted by molar-refractivity contribution is 0.104. The van der Waals surface area contributed by atoms with E-state index in [1.807, 2.05) is 18.2 Å². The standard InChI is InChI=1S/C24H21NO3/c1-3-25-21-7-5-4-6-18(21)19-14-16(8-11-22(19)25)9-12-23(26)20-15-17(28-2)10-13-24(20)27/h4-15,27H,3H2,1-2H3/b12-9+. The number of benzene rings is 3. The van der Waals surface area contributed by atoms with Crippen LogP contribution in [0.25, 0.3) is 27.9 Å². The van der Waals surface area contributed by atoms with Gasteiger partial charge in [-0.2, -0.15) is 0 Å². The van der Waals surface area contributed by atoms with Crippen molar-refractivity contribution < 1.29 is 14.6 Å². The maximum Gasteiger partial charge on any atom is 0.189 e. The van der Waals surface area contributed by atoms with Gasteiger partial charge in [0.2, 0.25) is 0 Å². The number of carbonyl (C=O) groups is 1. The quantitative estimate of drug-likeness (QED) is 0.376. The zero-order valence-corrected chi connectivity index (χ0v) is 15.8. The highest BCUT2D eigenvalue weighted by atomic mass is 16.5. The van der Waals surface area contributed by atoms with Crippen LogP contribution < -0.4 is 4.74 Å². The minimum Gasteiger partial charge on any atom is -0.507 e. The Morgan fingerprint density at radius 2 is 1.82 bits per heavy atom. The zero-order valence-electron chi connectivity index (χ0n) is 15.8. The molecule has 4 nitrogen and oxygen atoms in total. The van der Waals surface area contributed by atoms with E-state index in [1.54, 1.807) is 18.2 Å². The van der Waals surface area contributed by atoms with E-state index in [4.69, 9.17) is 4.74 Å². The van der Waals surface area contributed by atoms with Gasteiger partial charge in [0.25, 0.3) is 0 Å². The topological polar surface area (TPSA) is 51.5 Å². The Labute approximate surface area is 163 Å². The van der Waals surface area contributed by atoms with Crippen LogP contribution in [-0.4, -0.2) is 22.6 Å². The molecule has 28 heavy (non-hydrogen) atoms. The molecule has 0 bridgehead atoms. The third kappa shape index (κ3) is 3.03. The average molecular weight is 371 g/mol. The van der Waals surface area contributed by atoms with E-state index in [1.165, 1.54) is 35.7 Å². The van der Waals surface area contributed by atoms with Crippen LogP contribution in [0.1, 0.15) is 22.8 Å². The van der Waals surface area contributed by atoms with Crippen molar-refractivity contribution in [1.82, 2.24) is 4.57 Å². The lowest BCUT2D eigenvalue weighted by atomic mass is 10.1. The monoisotopic (exact) mass is 371 g/mol. The summed E-state index contributed by atoms with van der Waals surface area (Å²) >= 11 is 0. The SMILES string of the molecule is CCn1c2ccccc2c2cc(/C=C/C(=O)c3cc(OC)ccc3O)ccc21. The number of aromatic hydroxyl groups is 1. The smallest absolute Gasteiger partial charge is 0.189 e. The van der Waals surface area contributed by atoms with Gasteiger partial charge in [0.15, 0.2) is 5.78 Å². The maximum atomic E-state index is 12.5. The van der Waals surface area contributed by atoms with Crippen molar-refractivity contribution in [2.45, 2.75) is 13.5 Å². The number of para-hydroxylation sites is 1. The first-order chi connectivity index (χ1) is 13.6. The molecule has 1 N–H and O–H groups in total. The molecule has 0 aliphatic rings. The van der Waals surface area contributed by atoms with E-state index < -0.39 is 0 Å². The van der Waals surface area contributed by atoms with Crippen molar-refractivity contribution >= 4 is 33.7 Å². The van der Waals surface area contributed by atoms with Gasteiger partial charge < -0.3 is 14.4 Å². The van der Waals surface area contributed by atoms with Crippen LogP contribution >= 0.6 is 0 Å². The van der Waals surface area contributed by atoms with Gasteiger partial charge in [-0.15, -0.1) is 0 Å². The van der Waals surface area contributed by atoms with Crippen molar-refractivity contribution in [3.8, 4) is 11.5 Å². The molecule has 0 aliphatic heterocycles. The van der Waals surface area contributed by atoms with E-state index in [0.717, 1.165) is 17.5 Å². The van der Waals surface area contributed by atoms with Gasteiger partial charge in [0.05, 0.1) is 12.7 Å². The Kier molecular flexibility index (Phi) is 4.62. The number of allylic oxidation sites excluding steroid dienone is 1. The number of ketones is 1. The number of phenolic OH excluding ortho intramolecular Hbond substituents is 1. The molecule has 1 heterocycles. The molecule has 4 aromatic rings. The lowest BCUT2D eigenvalue weighted by Crippen LogP contribution is -1.96. The number of aromatic nitrogens is 1. The van der Waals surface area contributed by atoms with Crippen LogP contribution in [0.2, 0.25) is 0 Å². The third-order valence-corrected chi connectivity index (χ3v) is 5.01. The van der Waals surface area contributed by atoms with Crippen molar-refractivity contribution in [2.24, 2.45) is 0 Å². The maximum absolute atomic E-state index is 12.5. The summed E-state index contributed by atoms with van der Waals surface area (Å²) in [4.78, 5) is 12.5. The van der Waals surface area contributed by atoms with Crippen molar-refractivity contribution in [3.05, 3.63) is 77.9 Å². The Bertz CT molecular complexity index is 1220. The largest absolute Gasteiger partial charge is 0.507 e. The van der Waals surface area contributed by atoms with E-state index in [-0.39, 0.29) is 17.1 Å². The van der Waals surface area contributed by atoms with E-state index in [2.05, 4.69) is 35.8 Å². The number of phenols is 1. The number of methoxy groups -OCH3 is 1. The molecule has 0 aliphatic carbocycles. The Hall–Kier alpha value is -3.53. The number of hydrogen-bond acceptors (Lipinski definition) is 3. The minimum absolute atomic E-state index is 0.0584. The molecule has 3 aromatic carbocycles. The first-order valence-electron chi connectivity index (χ1n) is 9.22. The van der Waals surface area contributed by atoms with E-state index in [9.17, 15) is 9.90 Å². The van der Waals surface area contributed by atoms with Crippen LogP contribution in [0.3, 0.4) is 0 Å². The van der Waals surface area contributed by atoms with Crippen LogP contribution in [-0.2, 0) is 6.54 Å². The van der Waals surface area contributed by atoms with Crippen LogP contribution in [0.4, 0.5) is 0 Å². The number of fused-ring (bicyclic) bond motifs is 3. The number of hydrogen-bond donors (Lipinski definition) is 1. The summed E-state index contributed by atoms with van der Waals surface area (Å²) in [5, 5.41) is 12.3. The summed E-state index contributed by atoms with van der Waals surface area (Å²) < 4.78 is 7.42. The minimum atomic E-state index is -0.271. The Morgan fingerprint density at radius 1 is 1.04 bits per heavy atom. The molecule has 0 radical (unpaired) electrons. The van der Waals surface area contributed by atoms with Gasteiger partial charge in [0, 0.05) is 28.4 Å². The van der Waals surface area contributed by atoms with Crippen molar-refractivity contribution in [1.29, 1.82) is 0 Å². The molecule has 0 amide bonds. The number of nitrogens with zero attached hydrogens (tertiary/aromatic N) is 1. The second kappa shape index (κ2) is 7.24. The fourth-order valence-corrected chi connectivity index (χ4v) is 3.62. The fraction of sp³-hybridized carbons (Fsp3) is 0.125. The Balaban J connectivity index is 1.72. The number of carbonyl (C=O) groups excluding carboxylic acids is 1. The van der Waals surface area contributed by atoms with Gasteiger partial charge in [-0.3, -0.25) is 4.79 Å². The fourth-order valence-electron chi connectivity index (χ4n) is 3.62. The Morgan fingerprint density at radius 3 is 2.61 bits per heavy atom. The van der Waals surface area contributed by atoms with E-state index in [0.29, 0.717) is 5.75 Å². The molecular weight excluding hydrogens is 350 g/mol. The van der Waals surface area contributed by atoms with Crippen molar-refractivity contribution in [3.63, 3.8) is 0 Å². The summed E-state index contributed by atoms with van der Waals surface area (Å²) in [6, 6.07) is 19.2. The highest BCUT2D eigenvalue weighted by molar-refractivity contribution is 6.10. The molecule has 140 valence electrons. The predicted octanol–water partition coefficient (Wildman–Crippen LogP) is 5.42. The van der Waals surface area contributed by atoms with Gasteiger partial charge in [-0.25, -0.2) is 0 Å². The first kappa shape index (κ1) is 17.9. The molecular formula is C24H21NO3.